The number of anilines is 2. The summed E-state index contributed by atoms with van der Waals surface area (Å²) in [6.07, 6.45) is 5.26. The molecule has 1 saturated heterocycles. The molecule has 1 aliphatic heterocycles. The molecule has 1 unspecified atom stereocenters. The summed E-state index contributed by atoms with van der Waals surface area (Å²) in [5.41, 5.74) is 3.55. The van der Waals surface area contributed by atoms with E-state index >= 15 is 0 Å². The summed E-state index contributed by atoms with van der Waals surface area (Å²) < 4.78 is 31.1. The van der Waals surface area contributed by atoms with Gasteiger partial charge in [0.2, 0.25) is 16.0 Å². The second kappa shape index (κ2) is 10.3. The van der Waals surface area contributed by atoms with Crippen LogP contribution in [0.1, 0.15) is 46.1 Å². The fraction of sp³-hybridized carbons (Fsp3) is 0.414. The van der Waals surface area contributed by atoms with Crippen molar-refractivity contribution in [3.8, 4) is 0 Å². The molecule has 2 fully saturated rings. The maximum Gasteiger partial charge on any atom is 0.285 e. The number of sulfonamides is 1. The Balaban J connectivity index is 1.32. The van der Waals surface area contributed by atoms with Gasteiger partial charge in [-0.1, -0.05) is 17.7 Å². The highest BCUT2D eigenvalue weighted by molar-refractivity contribution is 7.89. The summed E-state index contributed by atoms with van der Waals surface area (Å²) in [7, 11) is 2.01. The molecule has 1 amide bonds. The second-order valence-corrected chi connectivity index (χ2v) is 13.9. The summed E-state index contributed by atoms with van der Waals surface area (Å²) in [5, 5.41) is 3.80. The lowest BCUT2D eigenvalue weighted by molar-refractivity contribution is -0.751. The van der Waals surface area contributed by atoms with Gasteiger partial charge in [-0.05, 0) is 49.4 Å². The molecule has 43 heavy (non-hydrogen) atoms. The largest absolute Gasteiger partial charge is 0.377 e. The van der Waals surface area contributed by atoms with Crippen molar-refractivity contribution in [2.24, 2.45) is 33.0 Å². The number of carbonyl (C=O) groups is 1. The Morgan fingerprint density at radius 2 is 1.86 bits per heavy atom. The third kappa shape index (κ3) is 5.35. The van der Waals surface area contributed by atoms with E-state index in [1.165, 1.54) is 11.6 Å². The lowest BCUT2D eigenvalue weighted by Gasteiger charge is -2.25. The number of amides is 1. The van der Waals surface area contributed by atoms with Gasteiger partial charge in [-0.2, -0.15) is 4.68 Å². The number of hydrogen-bond acceptors (Lipinski definition) is 8. The molecule has 226 valence electrons. The molecule has 12 nitrogen and oxygen atoms in total. The molecule has 0 radical (unpaired) electrons. The van der Waals surface area contributed by atoms with Gasteiger partial charge < -0.3 is 10.2 Å². The van der Waals surface area contributed by atoms with Crippen LogP contribution in [0.2, 0.25) is 5.15 Å². The van der Waals surface area contributed by atoms with Crippen LogP contribution in [0, 0.1) is 18.8 Å². The van der Waals surface area contributed by atoms with Gasteiger partial charge in [0.15, 0.2) is 18.9 Å². The number of aryl methyl sites for hydroxylation is 3. The van der Waals surface area contributed by atoms with Crippen LogP contribution in [0.5, 0.6) is 0 Å². The Morgan fingerprint density at radius 3 is 2.49 bits per heavy atom. The van der Waals surface area contributed by atoms with E-state index in [0.29, 0.717) is 34.6 Å². The van der Waals surface area contributed by atoms with Gasteiger partial charge in [-0.25, -0.2) is 23.1 Å². The van der Waals surface area contributed by atoms with E-state index in [1.54, 1.807) is 17.7 Å². The van der Waals surface area contributed by atoms with E-state index in [4.69, 9.17) is 16.6 Å². The molecule has 14 heteroatoms. The first-order valence-corrected chi connectivity index (χ1v) is 16.2. The molecule has 1 aliphatic carbocycles. The van der Waals surface area contributed by atoms with Gasteiger partial charge in [-0.3, -0.25) is 14.2 Å². The standard InChI is InChI=1S/C29H33ClN8O4S/c1-15-9-18(16(2)31-22-7-8-23(30)32-26(22)27(39)34-43(6,41)42)25-19(10-15)28(40)37(5)29(33-25)38-13-20-21(14-38)24(20)17-11-35(3)36(4)12-17/h7-12,16,20-21,24H,13-14H2,1-6H3,(H-,31,34,39)/p+1/t16-,20-,21+,24?/m1/s1. The molecule has 4 heterocycles. The highest BCUT2D eigenvalue weighted by Gasteiger charge is 2.58. The van der Waals surface area contributed by atoms with Crippen LogP contribution in [-0.2, 0) is 31.2 Å². The molecular weight excluding hydrogens is 592 g/mol. The average Bonchev–Trinajstić information content (AvgIpc) is 3.22. The van der Waals surface area contributed by atoms with Crippen molar-refractivity contribution in [3.63, 3.8) is 0 Å². The number of benzene rings is 1. The van der Waals surface area contributed by atoms with E-state index in [0.717, 1.165) is 30.5 Å². The minimum Gasteiger partial charge on any atom is -0.377 e. The van der Waals surface area contributed by atoms with Gasteiger partial charge in [0.1, 0.15) is 5.15 Å². The number of halogens is 1. The van der Waals surface area contributed by atoms with E-state index in [-0.39, 0.29) is 22.1 Å². The third-order valence-electron chi connectivity index (χ3n) is 8.55. The van der Waals surface area contributed by atoms with Crippen LogP contribution in [-0.4, -0.2) is 52.9 Å². The molecular formula is C29H34ClN8O4S+. The van der Waals surface area contributed by atoms with E-state index < -0.39 is 22.0 Å². The number of hydrogen-bond donors (Lipinski definition) is 2. The summed E-state index contributed by atoms with van der Waals surface area (Å²) in [4.78, 5) is 37.7. The summed E-state index contributed by atoms with van der Waals surface area (Å²) in [5.74, 6) is 1.27. The molecule has 4 atom stereocenters. The van der Waals surface area contributed by atoms with Crippen molar-refractivity contribution in [1.29, 1.82) is 0 Å². The lowest BCUT2D eigenvalue weighted by atomic mass is 10.0. The molecule has 1 aromatic carbocycles. The minimum absolute atomic E-state index is 0.0414. The Labute approximate surface area is 254 Å². The molecule has 0 bridgehead atoms. The van der Waals surface area contributed by atoms with E-state index in [9.17, 15) is 18.0 Å². The topological polar surface area (TPSA) is 135 Å². The normalized spacial score (nSPS) is 20.3. The molecule has 2 N–H and O–H groups in total. The summed E-state index contributed by atoms with van der Waals surface area (Å²) >= 11 is 6.04. The molecule has 0 spiro atoms. The molecule has 2 aliphatic rings. The zero-order valence-electron chi connectivity index (χ0n) is 24.8. The van der Waals surface area contributed by atoms with Gasteiger partial charge in [0.05, 0.1) is 42.1 Å². The van der Waals surface area contributed by atoms with Crippen LogP contribution >= 0.6 is 11.6 Å². The van der Waals surface area contributed by atoms with Crippen molar-refractivity contribution < 1.29 is 17.9 Å². The zero-order chi connectivity index (χ0) is 31.0. The predicted octanol–water partition coefficient (Wildman–Crippen LogP) is 2.17. The fourth-order valence-electron chi connectivity index (χ4n) is 6.41. The quantitative estimate of drug-likeness (QED) is 0.236. The van der Waals surface area contributed by atoms with Crippen LogP contribution in [0.15, 0.2) is 41.5 Å². The first-order valence-electron chi connectivity index (χ1n) is 14.0. The van der Waals surface area contributed by atoms with Crippen LogP contribution in [0.4, 0.5) is 11.6 Å². The lowest BCUT2D eigenvalue weighted by Crippen LogP contribution is -2.35. The van der Waals surface area contributed by atoms with Crippen molar-refractivity contribution in [3.05, 3.63) is 74.6 Å². The third-order valence-corrected chi connectivity index (χ3v) is 9.32. The Morgan fingerprint density at radius 1 is 1.16 bits per heavy atom. The van der Waals surface area contributed by atoms with Crippen LogP contribution < -0.4 is 25.2 Å². The highest BCUT2D eigenvalue weighted by Crippen LogP contribution is 2.58. The zero-order valence-corrected chi connectivity index (χ0v) is 26.4. The predicted molar refractivity (Wildman–Crippen MR) is 164 cm³/mol. The Kier molecular flexibility index (Phi) is 7.00. The van der Waals surface area contributed by atoms with Crippen LogP contribution in [0.3, 0.4) is 0 Å². The monoisotopic (exact) mass is 625 g/mol. The highest BCUT2D eigenvalue weighted by atomic mass is 35.5. The Bertz CT molecular complexity index is 1940. The van der Waals surface area contributed by atoms with Crippen molar-refractivity contribution >= 4 is 50.1 Å². The fourth-order valence-corrected chi connectivity index (χ4v) is 6.99. The maximum atomic E-state index is 13.7. The van der Waals surface area contributed by atoms with Gasteiger partial charge in [0, 0.05) is 37.2 Å². The number of nitrogens with zero attached hydrogens (tertiary/aromatic N) is 6. The van der Waals surface area contributed by atoms with E-state index in [1.807, 2.05) is 44.8 Å². The number of pyridine rings is 1. The maximum absolute atomic E-state index is 13.7. The van der Waals surface area contributed by atoms with Gasteiger partial charge >= 0.3 is 0 Å². The van der Waals surface area contributed by atoms with Gasteiger partial charge in [0.25, 0.3) is 11.5 Å². The molecule has 1 saturated carbocycles. The number of piperidine rings is 1. The average molecular weight is 626 g/mol. The number of fused-ring (bicyclic) bond motifs is 2. The molecule has 3 aromatic heterocycles. The molecule has 4 aromatic rings. The molecule has 6 rings (SSSR count). The first-order chi connectivity index (χ1) is 20.2. The van der Waals surface area contributed by atoms with E-state index in [2.05, 4.69) is 37.0 Å². The number of aromatic nitrogens is 5. The van der Waals surface area contributed by atoms with Crippen molar-refractivity contribution in [2.45, 2.75) is 25.8 Å². The summed E-state index contributed by atoms with van der Waals surface area (Å²) in [6.45, 7) is 5.44. The van der Waals surface area contributed by atoms with Gasteiger partial charge in [-0.15, -0.1) is 4.68 Å². The smallest absolute Gasteiger partial charge is 0.285 e. The number of carbonyl (C=O) groups excluding carboxylic acids is 1. The SMILES string of the molecule is Cc1cc([C@@H](C)Nc2ccc(Cl)nc2C(=O)NS(C)(=O)=O)c2nc(N3C[C@@H]4C(c5cn(C)[n+](C)c5)[C@@H]4C3)n(C)c(=O)c2c1. The second-order valence-electron chi connectivity index (χ2n) is 11.8. The number of rotatable bonds is 7. The first kappa shape index (κ1) is 29.1. The van der Waals surface area contributed by atoms with Crippen molar-refractivity contribution in [2.75, 3.05) is 29.6 Å². The van der Waals surface area contributed by atoms with Crippen LogP contribution in [0.25, 0.3) is 10.9 Å². The summed E-state index contributed by atoms with van der Waals surface area (Å²) in [6, 6.07) is 6.45. The number of nitrogens with one attached hydrogen (secondary N) is 2. The minimum atomic E-state index is -3.82. The van der Waals surface area contributed by atoms with Crippen molar-refractivity contribution in [1.82, 2.24) is 23.9 Å². The Hall–Kier alpha value is -3.97.